The minimum absolute atomic E-state index is 0.136. The monoisotopic (exact) mass is 466 g/mol. The highest BCUT2D eigenvalue weighted by molar-refractivity contribution is 7.90. The molecule has 2 aliphatic rings. The van der Waals surface area contributed by atoms with Crippen LogP contribution in [0.3, 0.4) is 0 Å². The number of carbonyl (C=O) groups is 1. The molecule has 0 spiro atoms. The van der Waals surface area contributed by atoms with Crippen molar-refractivity contribution in [3.05, 3.63) is 23.8 Å². The lowest BCUT2D eigenvalue weighted by atomic mass is 10.1. The predicted octanol–water partition coefficient (Wildman–Crippen LogP) is 3.32. The van der Waals surface area contributed by atoms with Crippen LogP contribution in [-0.2, 0) is 14.8 Å². The Morgan fingerprint density at radius 1 is 1.09 bits per heavy atom. The van der Waals surface area contributed by atoms with E-state index in [1.54, 1.807) is 25.7 Å². The van der Waals surface area contributed by atoms with Gasteiger partial charge in [0.2, 0.25) is 10.0 Å². The van der Waals surface area contributed by atoms with Gasteiger partial charge in [-0.2, -0.15) is 0 Å². The number of benzene rings is 1. The van der Waals surface area contributed by atoms with Crippen molar-refractivity contribution in [3.8, 4) is 0 Å². The number of ether oxygens (including phenoxy) is 1. The number of nitrogens with one attached hydrogen (secondary N) is 2. The van der Waals surface area contributed by atoms with Crippen molar-refractivity contribution in [1.82, 2.24) is 9.62 Å². The molecule has 8 nitrogen and oxygen atoms in total. The lowest BCUT2D eigenvalue weighted by Crippen LogP contribution is -2.50. The van der Waals surface area contributed by atoms with E-state index in [4.69, 9.17) is 4.74 Å². The molecule has 2 heterocycles. The maximum atomic E-state index is 12.8. The van der Waals surface area contributed by atoms with Gasteiger partial charge in [0.05, 0.1) is 17.0 Å². The maximum absolute atomic E-state index is 12.8. The molecule has 2 aliphatic heterocycles. The van der Waals surface area contributed by atoms with Crippen LogP contribution in [0.5, 0.6) is 0 Å². The molecule has 2 saturated heterocycles. The fraction of sp³-hybridized carbons (Fsp3) is 0.696. The number of rotatable bonds is 4. The minimum Gasteiger partial charge on any atom is -0.372 e. The molecule has 3 rings (SSSR count). The first-order valence-corrected chi connectivity index (χ1v) is 12.9. The van der Waals surface area contributed by atoms with Crippen molar-refractivity contribution in [3.63, 3.8) is 0 Å². The van der Waals surface area contributed by atoms with Gasteiger partial charge in [0.25, 0.3) is 0 Å². The Morgan fingerprint density at radius 2 is 1.69 bits per heavy atom. The molecule has 2 fully saturated rings. The summed E-state index contributed by atoms with van der Waals surface area (Å²) >= 11 is 0. The van der Waals surface area contributed by atoms with E-state index < -0.39 is 14.8 Å². The van der Waals surface area contributed by atoms with Crippen LogP contribution in [0.25, 0.3) is 0 Å². The lowest BCUT2D eigenvalue weighted by Gasteiger charge is -2.37. The number of amides is 2. The van der Waals surface area contributed by atoms with E-state index in [2.05, 4.69) is 34.9 Å². The van der Waals surface area contributed by atoms with Crippen molar-refractivity contribution in [2.24, 2.45) is 0 Å². The smallest absolute Gasteiger partial charge is 0.321 e. The maximum Gasteiger partial charge on any atom is 0.321 e. The van der Waals surface area contributed by atoms with Gasteiger partial charge in [-0.3, -0.25) is 0 Å². The molecule has 2 N–H and O–H groups in total. The Kier molecular flexibility index (Phi) is 7.41. The number of urea groups is 1. The molecular weight excluding hydrogens is 428 g/mol. The molecule has 9 heteroatoms. The summed E-state index contributed by atoms with van der Waals surface area (Å²) < 4.78 is 32.5. The van der Waals surface area contributed by atoms with Crippen LogP contribution in [-0.4, -0.2) is 68.5 Å². The van der Waals surface area contributed by atoms with Gasteiger partial charge in [-0.25, -0.2) is 17.9 Å². The molecule has 0 unspecified atom stereocenters. The summed E-state index contributed by atoms with van der Waals surface area (Å²) in [5.41, 5.74) is 2.94. The average molecular weight is 467 g/mol. The SMILES string of the molecule is Cc1cc(N2C[C@@H](C)O[C@@H](C)C2)ccc1NC(=O)N1CCC(NS(=O)(=O)C(C)(C)C)CC1. The van der Waals surface area contributed by atoms with Crippen molar-refractivity contribution in [2.75, 3.05) is 36.4 Å². The quantitative estimate of drug-likeness (QED) is 0.710. The van der Waals surface area contributed by atoms with Crippen LogP contribution in [0.1, 0.15) is 53.0 Å². The fourth-order valence-electron chi connectivity index (χ4n) is 4.16. The van der Waals surface area contributed by atoms with Gasteiger partial charge >= 0.3 is 6.03 Å². The van der Waals surface area contributed by atoms with Gasteiger partial charge in [0, 0.05) is 43.6 Å². The Hall–Kier alpha value is -1.84. The normalized spacial score (nSPS) is 23.3. The average Bonchev–Trinajstić information content (AvgIpc) is 2.68. The van der Waals surface area contributed by atoms with Gasteiger partial charge in [0.15, 0.2) is 0 Å². The first kappa shape index (κ1) is 24.8. The number of piperidine rings is 1. The third-order valence-corrected chi connectivity index (χ3v) is 8.40. The largest absolute Gasteiger partial charge is 0.372 e. The second kappa shape index (κ2) is 9.57. The van der Waals surface area contributed by atoms with Crippen LogP contribution >= 0.6 is 0 Å². The summed E-state index contributed by atoms with van der Waals surface area (Å²) in [4.78, 5) is 16.9. The van der Waals surface area contributed by atoms with Gasteiger partial charge in [0.1, 0.15) is 0 Å². The molecule has 0 aromatic heterocycles. The van der Waals surface area contributed by atoms with Crippen molar-refractivity contribution in [2.45, 2.75) is 77.4 Å². The van der Waals surface area contributed by atoms with Crippen LogP contribution in [0.15, 0.2) is 18.2 Å². The number of morpholine rings is 1. The Balaban J connectivity index is 1.55. The van der Waals surface area contributed by atoms with E-state index in [1.807, 2.05) is 19.1 Å². The second-order valence-corrected chi connectivity index (χ2v) is 12.6. The van der Waals surface area contributed by atoms with Crippen molar-refractivity contribution >= 4 is 27.4 Å². The Labute approximate surface area is 192 Å². The molecule has 2 atom stereocenters. The zero-order valence-electron chi connectivity index (χ0n) is 20.1. The fourth-order valence-corrected chi connectivity index (χ4v) is 5.19. The van der Waals surface area contributed by atoms with Crippen molar-refractivity contribution < 1.29 is 17.9 Å². The summed E-state index contributed by atoms with van der Waals surface area (Å²) in [6.07, 6.45) is 1.59. The first-order valence-electron chi connectivity index (χ1n) is 11.4. The Morgan fingerprint density at radius 3 is 2.22 bits per heavy atom. The summed E-state index contributed by atoms with van der Waals surface area (Å²) in [6, 6.07) is 5.82. The van der Waals surface area contributed by atoms with Gasteiger partial charge in [-0.1, -0.05) is 0 Å². The molecule has 0 saturated carbocycles. The molecule has 0 bridgehead atoms. The number of sulfonamides is 1. The summed E-state index contributed by atoms with van der Waals surface area (Å²) in [5, 5.41) is 3.02. The Bertz CT molecular complexity index is 910. The molecule has 180 valence electrons. The molecule has 2 amide bonds. The highest BCUT2D eigenvalue weighted by atomic mass is 32.2. The molecule has 0 radical (unpaired) electrons. The number of aryl methyl sites for hydroxylation is 1. The van der Waals surface area contributed by atoms with Crippen LogP contribution < -0.4 is 14.9 Å². The van der Waals surface area contributed by atoms with Crippen molar-refractivity contribution in [1.29, 1.82) is 0 Å². The third kappa shape index (κ3) is 5.94. The topological polar surface area (TPSA) is 91.0 Å². The van der Waals surface area contributed by atoms with E-state index in [9.17, 15) is 13.2 Å². The van der Waals surface area contributed by atoms with E-state index in [0.29, 0.717) is 25.9 Å². The number of likely N-dealkylation sites (tertiary alicyclic amines) is 1. The lowest BCUT2D eigenvalue weighted by molar-refractivity contribution is -0.00522. The standard InChI is InChI=1S/C23H38N4O4S/c1-16-13-20(27-14-17(2)31-18(3)15-27)7-8-21(16)24-22(28)26-11-9-19(10-12-26)25-32(29,30)23(4,5)6/h7-8,13,17-19,25H,9-12,14-15H2,1-6H3,(H,24,28)/t17-,18+. The summed E-state index contributed by atoms with van der Waals surface area (Å²) in [7, 11) is -3.39. The number of hydrogen-bond donors (Lipinski definition) is 2. The van der Waals surface area contributed by atoms with Gasteiger partial charge in [-0.05, 0) is 78.1 Å². The van der Waals surface area contributed by atoms with Crippen LogP contribution in [0.2, 0.25) is 0 Å². The second-order valence-electron chi connectivity index (χ2n) is 10.1. The molecule has 0 aliphatic carbocycles. The molecule has 1 aromatic rings. The highest BCUT2D eigenvalue weighted by Gasteiger charge is 2.33. The summed E-state index contributed by atoms with van der Waals surface area (Å²) in [6.45, 7) is 14.0. The van der Waals surface area contributed by atoms with Crippen LogP contribution in [0.4, 0.5) is 16.2 Å². The van der Waals surface area contributed by atoms with Gasteiger partial charge in [-0.15, -0.1) is 0 Å². The number of carbonyl (C=O) groups excluding carboxylic acids is 1. The molecule has 32 heavy (non-hydrogen) atoms. The van der Waals surface area contributed by atoms with Crippen LogP contribution in [0, 0.1) is 6.92 Å². The van der Waals surface area contributed by atoms with E-state index in [-0.39, 0.29) is 24.3 Å². The van der Waals surface area contributed by atoms with E-state index in [1.165, 1.54) is 0 Å². The number of nitrogens with zero attached hydrogens (tertiary/aromatic N) is 2. The predicted molar refractivity (Wildman–Crippen MR) is 129 cm³/mol. The first-order chi connectivity index (χ1) is 14.9. The zero-order chi connectivity index (χ0) is 23.7. The third-order valence-electron chi connectivity index (χ3n) is 6.15. The molecular formula is C23H38N4O4S. The minimum atomic E-state index is -3.39. The molecule has 1 aromatic carbocycles. The van der Waals surface area contributed by atoms with E-state index in [0.717, 1.165) is 30.0 Å². The highest BCUT2D eigenvalue weighted by Crippen LogP contribution is 2.26. The number of hydrogen-bond acceptors (Lipinski definition) is 5. The van der Waals surface area contributed by atoms with E-state index >= 15 is 0 Å². The number of anilines is 2. The van der Waals surface area contributed by atoms with Gasteiger partial charge < -0.3 is 19.9 Å². The zero-order valence-corrected chi connectivity index (χ0v) is 21.0. The summed E-state index contributed by atoms with van der Waals surface area (Å²) in [5.74, 6) is 0.